The molecular formula is C14H19N3O. The third-order valence-electron chi connectivity index (χ3n) is 3.82. The van der Waals surface area contributed by atoms with Crippen LogP contribution in [0.25, 0.3) is 10.9 Å². The molecule has 2 aromatic heterocycles. The monoisotopic (exact) mass is 245 g/mol. The van der Waals surface area contributed by atoms with Crippen LogP contribution in [0.2, 0.25) is 0 Å². The van der Waals surface area contributed by atoms with Crippen molar-refractivity contribution in [3.63, 3.8) is 0 Å². The Kier molecular flexibility index (Phi) is 2.96. The van der Waals surface area contributed by atoms with Crippen LogP contribution in [0.5, 0.6) is 0 Å². The molecule has 1 unspecified atom stereocenters. The molecule has 96 valence electrons. The van der Waals surface area contributed by atoms with Gasteiger partial charge in [-0.05, 0) is 31.5 Å². The van der Waals surface area contributed by atoms with Gasteiger partial charge in [-0.1, -0.05) is 6.42 Å². The van der Waals surface area contributed by atoms with Gasteiger partial charge in [0.1, 0.15) is 5.52 Å². The first kappa shape index (κ1) is 11.5. The Balaban J connectivity index is 1.96. The third-order valence-corrected chi connectivity index (χ3v) is 3.82. The standard InChI is InChI=1S/C14H19N3O/c1-16-8-5-11-6-9-17(13(11)14(16)18)10-12-4-2-3-7-15-12/h5-6,8-9,12,15H,2-4,7,10H2,1H3. The number of hydrogen-bond donors (Lipinski definition) is 1. The van der Waals surface area contributed by atoms with Crippen molar-refractivity contribution in [1.29, 1.82) is 0 Å². The lowest BCUT2D eigenvalue weighted by Crippen LogP contribution is -2.37. The summed E-state index contributed by atoms with van der Waals surface area (Å²) in [7, 11) is 1.80. The fourth-order valence-corrected chi connectivity index (χ4v) is 2.77. The molecule has 18 heavy (non-hydrogen) atoms. The molecule has 1 N–H and O–H groups in total. The highest BCUT2D eigenvalue weighted by molar-refractivity contribution is 5.78. The second kappa shape index (κ2) is 4.61. The van der Waals surface area contributed by atoms with Crippen LogP contribution in [-0.4, -0.2) is 21.7 Å². The molecule has 0 amide bonds. The number of aryl methyl sites for hydroxylation is 1. The van der Waals surface area contributed by atoms with Gasteiger partial charge in [-0.2, -0.15) is 0 Å². The minimum atomic E-state index is 0.0910. The molecule has 0 aromatic carbocycles. The molecule has 3 rings (SSSR count). The second-order valence-electron chi connectivity index (χ2n) is 5.15. The maximum Gasteiger partial charge on any atom is 0.274 e. The number of nitrogens with zero attached hydrogens (tertiary/aromatic N) is 2. The summed E-state index contributed by atoms with van der Waals surface area (Å²) in [5, 5.41) is 4.56. The zero-order chi connectivity index (χ0) is 12.5. The fourth-order valence-electron chi connectivity index (χ4n) is 2.77. The first-order chi connectivity index (χ1) is 8.75. The van der Waals surface area contributed by atoms with E-state index >= 15 is 0 Å². The summed E-state index contributed by atoms with van der Waals surface area (Å²) < 4.78 is 3.74. The highest BCUT2D eigenvalue weighted by Crippen LogP contribution is 2.14. The molecule has 0 saturated carbocycles. The Morgan fingerprint density at radius 3 is 2.94 bits per heavy atom. The average Bonchev–Trinajstić information content (AvgIpc) is 2.79. The molecule has 0 aliphatic carbocycles. The second-order valence-corrected chi connectivity index (χ2v) is 5.15. The van der Waals surface area contributed by atoms with Crippen LogP contribution in [-0.2, 0) is 13.6 Å². The summed E-state index contributed by atoms with van der Waals surface area (Å²) >= 11 is 0. The molecule has 1 aliphatic rings. The summed E-state index contributed by atoms with van der Waals surface area (Å²) in [5.74, 6) is 0. The smallest absolute Gasteiger partial charge is 0.274 e. The predicted octanol–water partition coefficient (Wildman–Crippen LogP) is 1.48. The van der Waals surface area contributed by atoms with Crippen LogP contribution < -0.4 is 10.9 Å². The van der Waals surface area contributed by atoms with Gasteiger partial charge >= 0.3 is 0 Å². The normalized spacial score (nSPS) is 20.4. The lowest BCUT2D eigenvalue weighted by atomic mass is 10.1. The van der Waals surface area contributed by atoms with E-state index in [0.717, 1.165) is 24.0 Å². The van der Waals surface area contributed by atoms with Crippen LogP contribution in [0.1, 0.15) is 19.3 Å². The Bertz CT molecular complexity index is 605. The molecule has 0 radical (unpaired) electrons. The van der Waals surface area contributed by atoms with Crippen LogP contribution in [0, 0.1) is 0 Å². The van der Waals surface area contributed by atoms with Gasteiger partial charge in [0.25, 0.3) is 5.56 Å². The van der Waals surface area contributed by atoms with E-state index in [-0.39, 0.29) is 5.56 Å². The first-order valence-corrected chi connectivity index (χ1v) is 6.63. The van der Waals surface area contributed by atoms with Crippen molar-refractivity contribution in [2.24, 2.45) is 7.05 Å². The van der Waals surface area contributed by atoms with E-state index in [1.54, 1.807) is 11.6 Å². The predicted molar refractivity (Wildman–Crippen MR) is 72.8 cm³/mol. The van der Waals surface area contributed by atoms with E-state index in [1.807, 2.05) is 24.5 Å². The SMILES string of the molecule is Cn1ccc2ccn(CC3CCCCN3)c2c1=O. The third kappa shape index (κ3) is 1.97. The van der Waals surface area contributed by atoms with Gasteiger partial charge in [0.2, 0.25) is 0 Å². The quantitative estimate of drug-likeness (QED) is 0.870. The minimum absolute atomic E-state index is 0.0910. The van der Waals surface area contributed by atoms with Gasteiger partial charge in [-0.25, -0.2) is 0 Å². The van der Waals surface area contributed by atoms with Crippen LogP contribution in [0.4, 0.5) is 0 Å². The van der Waals surface area contributed by atoms with Crippen molar-refractivity contribution in [3.8, 4) is 0 Å². The van der Waals surface area contributed by atoms with Crippen molar-refractivity contribution in [2.75, 3.05) is 6.54 Å². The van der Waals surface area contributed by atoms with Gasteiger partial charge in [0.05, 0.1) is 0 Å². The number of fused-ring (bicyclic) bond motifs is 1. The maximum atomic E-state index is 12.2. The number of rotatable bonds is 2. The molecule has 1 fully saturated rings. The molecular weight excluding hydrogens is 226 g/mol. The maximum absolute atomic E-state index is 12.2. The fraction of sp³-hybridized carbons (Fsp3) is 0.500. The highest BCUT2D eigenvalue weighted by atomic mass is 16.1. The zero-order valence-electron chi connectivity index (χ0n) is 10.7. The van der Waals surface area contributed by atoms with Crippen LogP contribution >= 0.6 is 0 Å². The van der Waals surface area contributed by atoms with Crippen molar-refractivity contribution in [1.82, 2.24) is 14.5 Å². The Hall–Kier alpha value is -1.55. The average molecular weight is 245 g/mol. The first-order valence-electron chi connectivity index (χ1n) is 6.63. The number of nitrogens with one attached hydrogen (secondary N) is 1. The molecule has 1 aliphatic heterocycles. The van der Waals surface area contributed by atoms with Gasteiger partial charge in [0.15, 0.2) is 0 Å². The topological polar surface area (TPSA) is 39.0 Å². The number of aromatic nitrogens is 2. The van der Waals surface area contributed by atoms with Gasteiger partial charge in [0, 0.05) is 37.4 Å². The van der Waals surface area contributed by atoms with Crippen molar-refractivity contribution in [3.05, 3.63) is 34.9 Å². The van der Waals surface area contributed by atoms with Crippen molar-refractivity contribution >= 4 is 10.9 Å². The van der Waals surface area contributed by atoms with Crippen LogP contribution in [0.15, 0.2) is 29.3 Å². The van der Waals surface area contributed by atoms with E-state index in [2.05, 4.69) is 9.88 Å². The highest BCUT2D eigenvalue weighted by Gasteiger charge is 2.15. The summed E-state index contributed by atoms with van der Waals surface area (Å²) in [6, 6.07) is 4.53. The largest absolute Gasteiger partial charge is 0.341 e. The van der Waals surface area contributed by atoms with Crippen LogP contribution in [0.3, 0.4) is 0 Å². The van der Waals surface area contributed by atoms with Crippen molar-refractivity contribution < 1.29 is 0 Å². The lowest BCUT2D eigenvalue weighted by Gasteiger charge is -2.24. The van der Waals surface area contributed by atoms with E-state index in [1.165, 1.54) is 19.3 Å². The lowest BCUT2D eigenvalue weighted by molar-refractivity contribution is 0.366. The molecule has 1 saturated heterocycles. The molecule has 3 heterocycles. The minimum Gasteiger partial charge on any atom is -0.341 e. The number of pyridine rings is 1. The Morgan fingerprint density at radius 1 is 1.33 bits per heavy atom. The Labute approximate surface area is 106 Å². The van der Waals surface area contributed by atoms with Gasteiger partial charge in [-0.3, -0.25) is 4.79 Å². The Morgan fingerprint density at radius 2 is 2.17 bits per heavy atom. The zero-order valence-corrected chi connectivity index (χ0v) is 10.7. The number of piperidine rings is 1. The van der Waals surface area contributed by atoms with E-state index < -0.39 is 0 Å². The molecule has 2 aromatic rings. The molecule has 4 heteroatoms. The molecule has 0 spiro atoms. The van der Waals surface area contributed by atoms with Crippen molar-refractivity contribution in [2.45, 2.75) is 31.8 Å². The summed E-state index contributed by atoms with van der Waals surface area (Å²) in [6.07, 6.45) is 7.61. The van der Waals surface area contributed by atoms with E-state index in [4.69, 9.17) is 0 Å². The summed E-state index contributed by atoms with van der Waals surface area (Å²) in [5.41, 5.74) is 0.917. The molecule has 4 nitrogen and oxygen atoms in total. The molecule has 1 atom stereocenters. The molecule has 0 bridgehead atoms. The summed E-state index contributed by atoms with van der Waals surface area (Å²) in [4.78, 5) is 12.2. The summed E-state index contributed by atoms with van der Waals surface area (Å²) in [6.45, 7) is 1.99. The van der Waals surface area contributed by atoms with Gasteiger partial charge < -0.3 is 14.5 Å². The number of hydrogen-bond acceptors (Lipinski definition) is 2. The van der Waals surface area contributed by atoms with E-state index in [0.29, 0.717) is 6.04 Å². The van der Waals surface area contributed by atoms with Gasteiger partial charge in [-0.15, -0.1) is 0 Å². The van der Waals surface area contributed by atoms with E-state index in [9.17, 15) is 4.79 Å².